The van der Waals surface area contributed by atoms with Crippen LogP contribution >= 0.6 is 11.8 Å². The van der Waals surface area contributed by atoms with E-state index in [1.807, 2.05) is 65.6 Å². The molecule has 1 aliphatic heterocycles. The van der Waals surface area contributed by atoms with Gasteiger partial charge in [0.05, 0.1) is 23.9 Å². The van der Waals surface area contributed by atoms with E-state index in [9.17, 15) is 4.79 Å². The fourth-order valence-corrected chi connectivity index (χ4v) is 5.31. The molecule has 3 aromatic heterocycles. The summed E-state index contributed by atoms with van der Waals surface area (Å²) in [6, 6.07) is 23.8. The van der Waals surface area contributed by atoms with E-state index in [0.717, 1.165) is 29.9 Å². The van der Waals surface area contributed by atoms with E-state index in [2.05, 4.69) is 17.1 Å². The van der Waals surface area contributed by atoms with Crippen LogP contribution in [0.4, 0.5) is 11.4 Å². The molecule has 0 fully saturated rings. The number of hydrogen-bond donors (Lipinski definition) is 1. The van der Waals surface area contributed by atoms with Gasteiger partial charge in [-0.25, -0.2) is 4.98 Å². The van der Waals surface area contributed by atoms with E-state index in [0.29, 0.717) is 34.5 Å². The van der Waals surface area contributed by atoms with Gasteiger partial charge in [-0.3, -0.25) is 9.69 Å². The Kier molecular flexibility index (Phi) is 5.76. The highest BCUT2D eigenvalue weighted by atomic mass is 32.2. The van der Waals surface area contributed by atoms with Crippen LogP contribution in [-0.4, -0.2) is 21.6 Å². The maximum atomic E-state index is 13.6. The lowest BCUT2D eigenvalue weighted by Crippen LogP contribution is -2.27. The van der Waals surface area contributed by atoms with Gasteiger partial charge in [-0.2, -0.15) is 0 Å². The Morgan fingerprint density at radius 2 is 1.49 bits per heavy atom. The molecule has 0 radical (unpaired) electrons. The van der Waals surface area contributed by atoms with Gasteiger partial charge >= 0.3 is 0 Å². The van der Waals surface area contributed by atoms with Crippen LogP contribution < -0.4 is 4.90 Å². The number of amides is 1. The van der Waals surface area contributed by atoms with Crippen molar-refractivity contribution in [1.29, 1.82) is 0 Å². The molecule has 0 atom stereocenters. The molecular weight excluding hydrogens is 458 g/mol. The topological polar surface area (TPSA) is 75.3 Å². The zero-order chi connectivity index (χ0) is 23.6. The van der Waals surface area contributed by atoms with Crippen LogP contribution in [-0.2, 0) is 17.6 Å². The zero-order valence-electron chi connectivity index (χ0n) is 18.9. The van der Waals surface area contributed by atoms with Crippen LogP contribution in [0.1, 0.15) is 17.5 Å². The molecule has 174 valence electrons. The molecule has 0 unspecified atom stereocenters. The number of nitrogens with one attached hydrogen (secondary N) is 1. The predicted molar refractivity (Wildman–Crippen MR) is 137 cm³/mol. The Balaban J connectivity index is 1.23. The number of H-pyrrole nitrogens is 1. The SMILES string of the molecule is O=C(CCSc1nc(-c2ccco2)c(-c2ccco2)[nH]1)N1c2ccccc2CCc2ccccc21. The minimum atomic E-state index is 0.0726. The summed E-state index contributed by atoms with van der Waals surface area (Å²) in [5, 5.41) is 0.715. The van der Waals surface area contributed by atoms with E-state index >= 15 is 0 Å². The lowest BCUT2D eigenvalue weighted by atomic mass is 10.0. The minimum absolute atomic E-state index is 0.0726. The number of nitrogens with zero attached hydrogens (tertiary/aromatic N) is 2. The van der Waals surface area contributed by atoms with Gasteiger partial charge in [-0.1, -0.05) is 48.2 Å². The molecule has 0 bridgehead atoms. The number of aromatic nitrogens is 2. The zero-order valence-corrected chi connectivity index (χ0v) is 19.8. The Bertz CT molecular complexity index is 1360. The molecule has 0 aliphatic carbocycles. The number of aromatic amines is 1. The molecule has 0 spiro atoms. The molecule has 6 rings (SSSR count). The van der Waals surface area contributed by atoms with Gasteiger partial charge < -0.3 is 13.8 Å². The summed E-state index contributed by atoms with van der Waals surface area (Å²) >= 11 is 1.51. The number of rotatable bonds is 6. The highest BCUT2D eigenvalue weighted by Crippen LogP contribution is 2.37. The monoisotopic (exact) mass is 481 g/mol. The molecule has 6 nitrogen and oxygen atoms in total. The quantitative estimate of drug-likeness (QED) is 0.268. The third-order valence-electron chi connectivity index (χ3n) is 6.14. The second-order valence-electron chi connectivity index (χ2n) is 8.31. The maximum Gasteiger partial charge on any atom is 0.232 e. The van der Waals surface area contributed by atoms with Crippen molar-refractivity contribution in [1.82, 2.24) is 9.97 Å². The van der Waals surface area contributed by atoms with Gasteiger partial charge in [0.25, 0.3) is 0 Å². The second-order valence-corrected chi connectivity index (χ2v) is 9.39. The van der Waals surface area contributed by atoms with Gasteiger partial charge in [0.15, 0.2) is 16.7 Å². The van der Waals surface area contributed by atoms with Crippen molar-refractivity contribution in [2.75, 3.05) is 10.7 Å². The molecular formula is C28H23N3O3S. The highest BCUT2D eigenvalue weighted by molar-refractivity contribution is 7.99. The largest absolute Gasteiger partial charge is 0.463 e. The van der Waals surface area contributed by atoms with Crippen molar-refractivity contribution in [3.8, 4) is 22.9 Å². The summed E-state index contributed by atoms with van der Waals surface area (Å²) in [4.78, 5) is 23.5. The first-order valence-electron chi connectivity index (χ1n) is 11.6. The molecule has 2 aromatic carbocycles. The average molecular weight is 482 g/mol. The van der Waals surface area contributed by atoms with E-state index in [1.165, 1.54) is 22.9 Å². The maximum absolute atomic E-state index is 13.6. The predicted octanol–water partition coefficient (Wildman–Crippen LogP) is 6.88. The summed E-state index contributed by atoms with van der Waals surface area (Å²) < 4.78 is 11.2. The number of carbonyl (C=O) groups excluding carboxylic acids is 1. The van der Waals surface area contributed by atoms with Crippen molar-refractivity contribution < 1.29 is 13.6 Å². The van der Waals surface area contributed by atoms with Crippen LogP contribution in [0.15, 0.2) is 99.3 Å². The summed E-state index contributed by atoms with van der Waals surface area (Å²) in [7, 11) is 0. The number of aryl methyl sites for hydroxylation is 2. The summed E-state index contributed by atoms with van der Waals surface area (Å²) in [5.41, 5.74) is 5.79. The first-order valence-corrected chi connectivity index (χ1v) is 12.6. The average Bonchev–Trinajstić information content (AvgIpc) is 3.64. The van der Waals surface area contributed by atoms with Crippen LogP contribution in [0, 0.1) is 0 Å². The van der Waals surface area contributed by atoms with Crippen molar-refractivity contribution in [2.24, 2.45) is 0 Å². The van der Waals surface area contributed by atoms with Crippen LogP contribution in [0.3, 0.4) is 0 Å². The second kappa shape index (κ2) is 9.35. The number of furan rings is 2. The number of benzene rings is 2. The summed E-state index contributed by atoms with van der Waals surface area (Å²) in [5.74, 6) is 2.00. The van der Waals surface area contributed by atoms with Gasteiger partial charge in [-0.05, 0) is 60.4 Å². The van der Waals surface area contributed by atoms with Crippen molar-refractivity contribution in [3.63, 3.8) is 0 Å². The Morgan fingerprint density at radius 3 is 2.11 bits per heavy atom. The third kappa shape index (κ3) is 4.19. The van der Waals surface area contributed by atoms with Gasteiger partial charge in [0, 0.05) is 12.2 Å². The molecule has 0 saturated carbocycles. The molecule has 0 saturated heterocycles. The normalized spacial score (nSPS) is 12.7. The van der Waals surface area contributed by atoms with E-state index in [1.54, 1.807) is 12.5 Å². The Hall–Kier alpha value is -3.97. The number of hydrogen-bond acceptors (Lipinski definition) is 5. The number of para-hydroxylation sites is 2. The first kappa shape index (κ1) is 21.6. The number of carbonyl (C=O) groups is 1. The van der Waals surface area contributed by atoms with Crippen LogP contribution in [0.25, 0.3) is 22.9 Å². The van der Waals surface area contributed by atoms with E-state index < -0.39 is 0 Å². The van der Waals surface area contributed by atoms with E-state index in [4.69, 9.17) is 13.8 Å². The smallest absolute Gasteiger partial charge is 0.232 e. The fraction of sp³-hybridized carbons (Fsp3) is 0.143. The minimum Gasteiger partial charge on any atom is -0.463 e. The number of anilines is 2. The molecule has 1 aliphatic rings. The number of imidazole rings is 1. The summed E-state index contributed by atoms with van der Waals surface area (Å²) in [6.07, 6.45) is 5.47. The number of thioether (sulfide) groups is 1. The fourth-order valence-electron chi connectivity index (χ4n) is 4.51. The van der Waals surface area contributed by atoms with Gasteiger partial charge in [-0.15, -0.1) is 0 Å². The summed E-state index contributed by atoms with van der Waals surface area (Å²) in [6.45, 7) is 0. The standard InChI is InChI=1S/C28H23N3O3S/c32-25(31-21-9-3-1-7-19(21)13-14-20-8-2-4-10-22(20)31)15-18-35-28-29-26(23-11-5-16-33-23)27(30-28)24-12-6-17-34-24/h1-12,16-17H,13-15,18H2,(H,29,30). The van der Waals surface area contributed by atoms with Gasteiger partial charge in [0.2, 0.25) is 5.91 Å². The van der Waals surface area contributed by atoms with Crippen molar-refractivity contribution >= 4 is 29.0 Å². The third-order valence-corrected chi connectivity index (χ3v) is 7.01. The van der Waals surface area contributed by atoms with Crippen LogP contribution in [0.2, 0.25) is 0 Å². The van der Waals surface area contributed by atoms with Crippen molar-refractivity contribution in [2.45, 2.75) is 24.4 Å². The Labute approximate surface area is 207 Å². The highest BCUT2D eigenvalue weighted by Gasteiger charge is 2.25. The molecule has 5 aromatic rings. The molecule has 1 N–H and O–H groups in total. The molecule has 7 heteroatoms. The molecule has 35 heavy (non-hydrogen) atoms. The lowest BCUT2D eigenvalue weighted by Gasteiger charge is -2.25. The number of fused-ring (bicyclic) bond motifs is 2. The lowest BCUT2D eigenvalue weighted by molar-refractivity contribution is -0.117. The Morgan fingerprint density at radius 1 is 0.857 bits per heavy atom. The van der Waals surface area contributed by atoms with Crippen LogP contribution in [0.5, 0.6) is 0 Å². The first-order chi connectivity index (χ1) is 17.3. The van der Waals surface area contributed by atoms with Crippen molar-refractivity contribution in [3.05, 3.63) is 96.4 Å². The molecule has 4 heterocycles. The van der Waals surface area contributed by atoms with E-state index in [-0.39, 0.29) is 5.91 Å². The molecule has 1 amide bonds. The van der Waals surface area contributed by atoms with Gasteiger partial charge in [0.1, 0.15) is 11.4 Å².